The van der Waals surface area contributed by atoms with Crippen molar-refractivity contribution in [3.63, 3.8) is 0 Å². The molecule has 2 aliphatic carbocycles. The van der Waals surface area contributed by atoms with E-state index in [0.29, 0.717) is 5.56 Å². The van der Waals surface area contributed by atoms with Gasteiger partial charge in [-0.05, 0) is 61.0 Å². The smallest absolute Gasteiger partial charge is 0.273 e. The second-order valence-electron chi connectivity index (χ2n) is 11.4. The minimum atomic E-state index is -1.23. The highest BCUT2D eigenvalue weighted by Gasteiger charge is 2.36. The molecule has 43 heavy (non-hydrogen) atoms. The number of nitrogens with two attached hydrogens (primary N) is 1. The van der Waals surface area contributed by atoms with Crippen LogP contribution in [0.2, 0.25) is 0 Å². The Kier molecular flexibility index (Phi) is 10.0. The van der Waals surface area contributed by atoms with Crippen molar-refractivity contribution in [2.45, 2.75) is 88.9 Å². The van der Waals surface area contributed by atoms with Gasteiger partial charge in [0.2, 0.25) is 5.91 Å². The maximum atomic E-state index is 14.9. The summed E-state index contributed by atoms with van der Waals surface area (Å²) in [6.45, 7) is -0.271. The number of aromatic nitrogens is 1. The van der Waals surface area contributed by atoms with Gasteiger partial charge in [0.25, 0.3) is 11.8 Å². The van der Waals surface area contributed by atoms with E-state index in [-0.39, 0.29) is 40.5 Å². The fourth-order valence-corrected chi connectivity index (χ4v) is 6.74. The monoisotopic (exact) mass is 609 g/mol. The van der Waals surface area contributed by atoms with Crippen LogP contribution < -0.4 is 16.4 Å². The summed E-state index contributed by atoms with van der Waals surface area (Å²) in [5.74, 6) is -2.63. The van der Waals surface area contributed by atoms with Gasteiger partial charge in [0.1, 0.15) is 22.6 Å². The predicted molar refractivity (Wildman–Crippen MR) is 161 cm³/mol. The summed E-state index contributed by atoms with van der Waals surface area (Å²) in [5, 5.41) is 6.05. The molecule has 2 saturated carbocycles. The van der Waals surface area contributed by atoms with E-state index in [2.05, 4.69) is 15.0 Å². The van der Waals surface area contributed by atoms with Crippen molar-refractivity contribution in [1.29, 1.82) is 0 Å². The second-order valence-corrected chi connectivity index (χ2v) is 12.2. The molecule has 2 aliphatic rings. The summed E-state index contributed by atoms with van der Waals surface area (Å²) in [6.07, 6.45) is 9.59. The molecule has 0 radical (unpaired) electrons. The van der Waals surface area contributed by atoms with Gasteiger partial charge in [-0.3, -0.25) is 14.4 Å². The summed E-state index contributed by atoms with van der Waals surface area (Å²) < 4.78 is 33.1. The van der Waals surface area contributed by atoms with Crippen LogP contribution in [0.5, 0.6) is 0 Å². The fraction of sp³-hybridized carbons (Fsp3) is 0.438. The Morgan fingerprint density at radius 3 is 2.12 bits per heavy atom. The number of halogens is 2. The van der Waals surface area contributed by atoms with Crippen molar-refractivity contribution in [2.75, 3.05) is 5.73 Å². The number of rotatable bonds is 9. The number of carbonyl (C=O) groups is 3. The van der Waals surface area contributed by atoms with Gasteiger partial charge in [0.15, 0.2) is 5.69 Å². The Labute approximate surface area is 254 Å². The number of benzene rings is 2. The van der Waals surface area contributed by atoms with Crippen LogP contribution in [0.4, 0.5) is 14.5 Å². The maximum absolute atomic E-state index is 14.9. The van der Waals surface area contributed by atoms with Crippen molar-refractivity contribution in [3.05, 3.63) is 81.9 Å². The van der Waals surface area contributed by atoms with Crippen LogP contribution in [-0.4, -0.2) is 39.1 Å². The number of nitrogens with zero attached hydrogens (tertiary/aromatic N) is 2. The maximum Gasteiger partial charge on any atom is 0.273 e. The SMILES string of the molecule is Nc1c(C(=O)NC2CCCCC2)nsc1C(=O)N(Cc1ccccc1F)[C@@H](C(=O)NC1CCCCC1)c1ccc(F)cc1. The lowest BCUT2D eigenvalue weighted by Crippen LogP contribution is -2.47. The first-order valence-electron chi connectivity index (χ1n) is 15.0. The summed E-state index contributed by atoms with van der Waals surface area (Å²) >= 11 is 0.768. The van der Waals surface area contributed by atoms with Gasteiger partial charge in [-0.15, -0.1) is 0 Å². The van der Waals surface area contributed by atoms with Gasteiger partial charge in [0.05, 0.1) is 12.2 Å². The minimum Gasteiger partial charge on any atom is -0.395 e. The molecule has 5 rings (SSSR count). The van der Waals surface area contributed by atoms with E-state index < -0.39 is 35.4 Å². The molecule has 0 spiro atoms. The number of carbonyl (C=O) groups excluding carboxylic acids is 3. The van der Waals surface area contributed by atoms with Gasteiger partial charge in [-0.2, -0.15) is 4.37 Å². The van der Waals surface area contributed by atoms with Crippen molar-refractivity contribution in [3.8, 4) is 0 Å². The van der Waals surface area contributed by atoms with Crippen LogP contribution >= 0.6 is 11.5 Å². The lowest BCUT2D eigenvalue weighted by Gasteiger charge is -2.33. The third-order valence-corrected chi connectivity index (χ3v) is 9.19. The number of nitrogen functional groups attached to an aromatic ring is 1. The van der Waals surface area contributed by atoms with E-state index in [9.17, 15) is 23.2 Å². The number of hydrogen-bond donors (Lipinski definition) is 3. The molecule has 11 heteroatoms. The predicted octanol–water partition coefficient (Wildman–Crippen LogP) is 5.90. The third-order valence-electron chi connectivity index (χ3n) is 8.33. The fourth-order valence-electron chi connectivity index (χ4n) is 5.98. The second kappa shape index (κ2) is 14.1. The molecular weight excluding hydrogens is 572 g/mol. The highest BCUT2D eigenvalue weighted by atomic mass is 32.1. The van der Waals surface area contributed by atoms with Crippen molar-refractivity contribution in [2.24, 2.45) is 0 Å². The molecule has 4 N–H and O–H groups in total. The van der Waals surface area contributed by atoms with E-state index in [1.807, 2.05) is 0 Å². The standard InChI is InChI=1S/C32H37F2N5O3S/c33-22-17-15-20(16-18-22)28(31(41)37-24-12-5-2-6-13-24)39(19-21-9-7-8-14-25(21)34)32(42)29-26(35)27(38-43-29)30(40)36-23-10-3-1-4-11-23/h7-9,14-18,23-24,28H,1-6,10-13,19,35H2,(H,36,40)(H,37,41)/t28-/m1/s1. The van der Waals surface area contributed by atoms with Gasteiger partial charge in [0, 0.05) is 17.6 Å². The van der Waals surface area contributed by atoms with E-state index >= 15 is 0 Å². The molecule has 1 atom stereocenters. The van der Waals surface area contributed by atoms with Crippen LogP contribution in [0.15, 0.2) is 48.5 Å². The van der Waals surface area contributed by atoms with Gasteiger partial charge >= 0.3 is 0 Å². The van der Waals surface area contributed by atoms with Crippen molar-refractivity contribution < 1.29 is 23.2 Å². The van der Waals surface area contributed by atoms with Gasteiger partial charge < -0.3 is 21.3 Å². The normalized spacial score (nSPS) is 16.8. The minimum absolute atomic E-state index is 0.0189. The number of amides is 3. The number of hydrogen-bond acceptors (Lipinski definition) is 6. The van der Waals surface area contributed by atoms with E-state index in [1.165, 1.54) is 47.4 Å². The number of anilines is 1. The zero-order chi connectivity index (χ0) is 30.3. The first-order chi connectivity index (χ1) is 20.8. The van der Waals surface area contributed by atoms with Crippen LogP contribution in [0.1, 0.15) is 102 Å². The first-order valence-corrected chi connectivity index (χ1v) is 15.8. The Hall–Kier alpha value is -3.86. The van der Waals surface area contributed by atoms with E-state index in [4.69, 9.17) is 5.73 Å². The lowest BCUT2D eigenvalue weighted by atomic mass is 9.94. The molecule has 3 amide bonds. The van der Waals surface area contributed by atoms with Crippen molar-refractivity contribution >= 4 is 34.9 Å². The van der Waals surface area contributed by atoms with Crippen LogP contribution in [0, 0.1) is 11.6 Å². The quantitative estimate of drug-likeness (QED) is 0.279. The molecule has 0 unspecified atom stereocenters. The van der Waals surface area contributed by atoms with Gasteiger partial charge in [-0.25, -0.2) is 8.78 Å². The zero-order valence-corrected chi connectivity index (χ0v) is 24.8. The highest BCUT2D eigenvalue weighted by molar-refractivity contribution is 7.09. The van der Waals surface area contributed by atoms with E-state index in [0.717, 1.165) is 75.7 Å². The average Bonchev–Trinajstić information content (AvgIpc) is 3.40. The van der Waals surface area contributed by atoms with Crippen molar-refractivity contribution in [1.82, 2.24) is 19.9 Å². The molecule has 1 heterocycles. The van der Waals surface area contributed by atoms with Gasteiger partial charge in [-0.1, -0.05) is 68.9 Å². The lowest BCUT2D eigenvalue weighted by molar-refractivity contribution is -0.127. The molecule has 0 saturated heterocycles. The number of nitrogens with one attached hydrogen (secondary N) is 2. The Bertz CT molecular complexity index is 1440. The van der Waals surface area contributed by atoms with Crippen LogP contribution in [0.3, 0.4) is 0 Å². The molecular formula is C32H37F2N5O3S. The van der Waals surface area contributed by atoms with Crippen LogP contribution in [-0.2, 0) is 11.3 Å². The first kappa shape index (κ1) is 30.6. The summed E-state index contributed by atoms with van der Waals surface area (Å²) in [5.41, 5.74) is 6.78. The summed E-state index contributed by atoms with van der Waals surface area (Å²) in [7, 11) is 0. The molecule has 1 aromatic heterocycles. The molecule has 0 bridgehead atoms. The Morgan fingerprint density at radius 1 is 0.884 bits per heavy atom. The molecule has 0 aliphatic heterocycles. The molecule has 2 aromatic carbocycles. The average molecular weight is 610 g/mol. The Balaban J connectivity index is 1.50. The molecule has 228 valence electrons. The van der Waals surface area contributed by atoms with Crippen LogP contribution in [0.25, 0.3) is 0 Å². The highest BCUT2D eigenvalue weighted by Crippen LogP contribution is 2.32. The summed E-state index contributed by atoms with van der Waals surface area (Å²) in [6, 6.07) is 10.0. The molecule has 8 nitrogen and oxygen atoms in total. The molecule has 3 aromatic rings. The topological polar surface area (TPSA) is 117 Å². The largest absolute Gasteiger partial charge is 0.395 e. The molecule has 2 fully saturated rings. The zero-order valence-electron chi connectivity index (χ0n) is 24.0. The third kappa shape index (κ3) is 7.38. The van der Waals surface area contributed by atoms with E-state index in [1.54, 1.807) is 6.07 Å². The summed E-state index contributed by atoms with van der Waals surface area (Å²) in [4.78, 5) is 42.5. The Morgan fingerprint density at radius 2 is 1.49 bits per heavy atom.